The fourth-order valence-electron chi connectivity index (χ4n) is 6.33. The molecule has 14 heteroatoms. The molecule has 10 nitrogen and oxygen atoms in total. The predicted molar refractivity (Wildman–Crippen MR) is 147 cm³/mol. The predicted octanol–water partition coefficient (Wildman–Crippen LogP) is 5.60. The maximum absolute atomic E-state index is 13.9. The number of likely N-dealkylation sites (tertiary alicyclic amines) is 2. The van der Waals surface area contributed by atoms with Gasteiger partial charge in [-0.2, -0.15) is 13.2 Å². The van der Waals surface area contributed by atoms with E-state index in [1.165, 1.54) is 35.4 Å². The number of amides is 3. The van der Waals surface area contributed by atoms with E-state index < -0.39 is 17.8 Å². The number of imide groups is 1. The molecule has 3 aliphatic rings. The summed E-state index contributed by atoms with van der Waals surface area (Å²) in [5.74, 6) is -1.58. The highest BCUT2D eigenvalue weighted by atomic mass is 32.1. The van der Waals surface area contributed by atoms with Gasteiger partial charge in [0, 0.05) is 41.2 Å². The molecule has 1 aliphatic carbocycles. The van der Waals surface area contributed by atoms with E-state index in [9.17, 15) is 27.6 Å². The van der Waals surface area contributed by atoms with Gasteiger partial charge in [-0.1, -0.05) is 19.0 Å². The monoisotopic (exact) mass is 597 g/mol. The van der Waals surface area contributed by atoms with Crippen molar-refractivity contribution in [2.45, 2.75) is 39.9 Å². The third kappa shape index (κ3) is 4.49. The lowest BCUT2D eigenvalue weighted by atomic mass is 9.99. The molecule has 3 fully saturated rings. The number of hydrogen-bond acceptors (Lipinski definition) is 7. The minimum absolute atomic E-state index is 0.0440. The Labute approximate surface area is 242 Å². The molecule has 3 amide bonds. The smallest absolute Gasteiger partial charge is 0.338 e. The first-order valence-corrected chi connectivity index (χ1v) is 14.3. The standard InChI is InChI=1S/C28H26F3N7O3S/c1-13-8-18(28(29,30)31)35-22(19(13)24(39)37-7-5-14(11-37)10-34-36-32)16-4-6-33-17-9-15(42-23(16)17)12-38-25(40)20-21(26(38)41)27(20,2)3/h4,6,8-9,14,20-21H,5,7,10-12H2,1-3H3. The summed E-state index contributed by atoms with van der Waals surface area (Å²) in [6.45, 7) is 6.20. The lowest BCUT2D eigenvalue weighted by Crippen LogP contribution is -2.35. The summed E-state index contributed by atoms with van der Waals surface area (Å²) in [6.07, 6.45) is -2.70. The van der Waals surface area contributed by atoms with Gasteiger partial charge in [-0.15, -0.1) is 11.3 Å². The van der Waals surface area contributed by atoms with Gasteiger partial charge in [0.05, 0.1) is 39.9 Å². The number of nitrogens with zero attached hydrogens (tertiary/aromatic N) is 7. The van der Waals surface area contributed by atoms with Crippen LogP contribution in [-0.2, 0) is 22.3 Å². The topological polar surface area (TPSA) is 132 Å². The van der Waals surface area contributed by atoms with Crippen molar-refractivity contribution in [1.82, 2.24) is 19.8 Å². The molecule has 3 aromatic rings. The number of pyridine rings is 2. The average molecular weight is 598 g/mol. The van der Waals surface area contributed by atoms with E-state index in [0.29, 0.717) is 40.2 Å². The molecule has 2 aliphatic heterocycles. The Hall–Kier alpha value is -4.03. The zero-order valence-electron chi connectivity index (χ0n) is 23.0. The first-order valence-electron chi connectivity index (χ1n) is 13.4. The van der Waals surface area contributed by atoms with Crippen molar-refractivity contribution in [3.63, 3.8) is 0 Å². The summed E-state index contributed by atoms with van der Waals surface area (Å²) < 4.78 is 42.2. The number of carbonyl (C=O) groups excluding carboxylic acids is 3. The van der Waals surface area contributed by atoms with Crippen LogP contribution in [0.5, 0.6) is 0 Å². The van der Waals surface area contributed by atoms with Crippen molar-refractivity contribution in [1.29, 1.82) is 0 Å². The van der Waals surface area contributed by atoms with Gasteiger partial charge in [-0.3, -0.25) is 24.3 Å². The van der Waals surface area contributed by atoms with Gasteiger partial charge in [0.15, 0.2) is 0 Å². The van der Waals surface area contributed by atoms with Gasteiger partial charge in [-0.25, -0.2) is 4.98 Å². The van der Waals surface area contributed by atoms with Crippen molar-refractivity contribution in [3.05, 3.63) is 56.5 Å². The molecule has 0 bridgehead atoms. The molecule has 3 unspecified atom stereocenters. The zero-order valence-corrected chi connectivity index (χ0v) is 23.8. The zero-order chi connectivity index (χ0) is 30.1. The summed E-state index contributed by atoms with van der Waals surface area (Å²) in [5.41, 5.74) is 8.03. The number of hydrogen-bond donors (Lipinski definition) is 0. The quantitative estimate of drug-likeness (QED) is 0.158. The van der Waals surface area contributed by atoms with Gasteiger partial charge in [0.25, 0.3) is 5.91 Å². The number of alkyl halides is 3. The van der Waals surface area contributed by atoms with Crippen molar-refractivity contribution < 1.29 is 27.6 Å². The van der Waals surface area contributed by atoms with Gasteiger partial charge < -0.3 is 4.90 Å². The fraction of sp³-hybridized carbons (Fsp3) is 0.464. The maximum Gasteiger partial charge on any atom is 0.433 e. The molecule has 2 saturated heterocycles. The first kappa shape index (κ1) is 28.1. The Morgan fingerprint density at radius 3 is 2.62 bits per heavy atom. The van der Waals surface area contributed by atoms with Gasteiger partial charge in [0.1, 0.15) is 5.69 Å². The molecule has 5 heterocycles. The molecule has 0 aromatic carbocycles. The Morgan fingerprint density at radius 1 is 1.24 bits per heavy atom. The molecule has 0 spiro atoms. The van der Waals surface area contributed by atoms with Crippen LogP contribution in [0.3, 0.4) is 0 Å². The Kier molecular flexibility index (Phi) is 6.54. The number of carbonyl (C=O) groups is 3. The van der Waals surface area contributed by atoms with Gasteiger partial charge >= 0.3 is 6.18 Å². The highest BCUT2D eigenvalue weighted by molar-refractivity contribution is 7.19. The highest BCUT2D eigenvalue weighted by Gasteiger charge is 2.72. The van der Waals surface area contributed by atoms with Crippen LogP contribution in [0.4, 0.5) is 13.2 Å². The molecule has 6 rings (SSSR count). The first-order chi connectivity index (χ1) is 19.8. The van der Waals surface area contributed by atoms with E-state index >= 15 is 0 Å². The van der Waals surface area contributed by atoms with E-state index in [1.54, 1.807) is 11.0 Å². The second kappa shape index (κ2) is 9.77. The number of aryl methyl sites for hydroxylation is 1. The number of piperidine rings is 1. The van der Waals surface area contributed by atoms with Crippen LogP contribution in [-0.4, -0.2) is 57.1 Å². The van der Waals surface area contributed by atoms with Crippen LogP contribution >= 0.6 is 11.3 Å². The van der Waals surface area contributed by atoms with Crippen LogP contribution in [0.2, 0.25) is 0 Å². The minimum Gasteiger partial charge on any atom is -0.338 e. The van der Waals surface area contributed by atoms with E-state index in [-0.39, 0.29) is 64.9 Å². The second-order valence-corrected chi connectivity index (χ2v) is 12.8. The van der Waals surface area contributed by atoms with Crippen molar-refractivity contribution in [3.8, 4) is 11.3 Å². The van der Waals surface area contributed by atoms with Crippen LogP contribution in [0.15, 0.2) is 29.5 Å². The normalized spacial score (nSPS) is 23.0. The highest BCUT2D eigenvalue weighted by Crippen LogP contribution is 2.63. The Bertz CT molecular complexity index is 1690. The number of aromatic nitrogens is 2. The van der Waals surface area contributed by atoms with Crippen molar-refractivity contribution in [2.75, 3.05) is 19.6 Å². The third-order valence-electron chi connectivity index (χ3n) is 8.62. The lowest BCUT2D eigenvalue weighted by Gasteiger charge is -2.21. The second-order valence-electron chi connectivity index (χ2n) is 11.7. The SMILES string of the molecule is Cc1cc(C(F)(F)F)nc(-c2ccnc3cc(CN4C(=O)C5C(C4=O)C5(C)C)sc23)c1C(=O)N1CCC(CN=[N+]=[N-])C1. The van der Waals surface area contributed by atoms with Crippen molar-refractivity contribution in [2.24, 2.45) is 28.3 Å². The lowest BCUT2D eigenvalue weighted by molar-refractivity contribution is -0.144. The summed E-state index contributed by atoms with van der Waals surface area (Å²) in [6, 6.07) is 4.11. The molecule has 218 valence electrons. The largest absolute Gasteiger partial charge is 0.433 e. The van der Waals surface area contributed by atoms with Gasteiger partial charge in [-0.05, 0) is 54.0 Å². The minimum atomic E-state index is -4.74. The molecule has 0 N–H and O–H groups in total. The van der Waals surface area contributed by atoms with Gasteiger partial charge in [0.2, 0.25) is 11.8 Å². The maximum atomic E-state index is 13.9. The molecule has 0 radical (unpaired) electrons. The van der Waals surface area contributed by atoms with E-state index in [1.807, 2.05) is 13.8 Å². The Morgan fingerprint density at radius 2 is 1.95 bits per heavy atom. The van der Waals surface area contributed by atoms with E-state index in [4.69, 9.17) is 5.53 Å². The van der Waals surface area contributed by atoms with Crippen LogP contribution in [0.25, 0.3) is 31.9 Å². The number of fused-ring (bicyclic) bond motifs is 2. The summed E-state index contributed by atoms with van der Waals surface area (Å²) in [7, 11) is 0. The molecule has 3 aromatic heterocycles. The fourth-order valence-corrected chi connectivity index (χ4v) is 7.44. The van der Waals surface area contributed by atoms with E-state index in [2.05, 4.69) is 20.0 Å². The number of azide groups is 1. The molecular weight excluding hydrogens is 571 g/mol. The van der Waals surface area contributed by atoms with Crippen molar-refractivity contribution >= 4 is 39.3 Å². The Balaban J connectivity index is 1.39. The number of halogens is 3. The van der Waals surface area contributed by atoms with Crippen LogP contribution in [0, 0.1) is 30.1 Å². The summed E-state index contributed by atoms with van der Waals surface area (Å²) >= 11 is 1.21. The number of thiophene rings is 1. The third-order valence-corrected chi connectivity index (χ3v) is 9.76. The molecular formula is C28H26F3N7O3S. The molecule has 3 atom stereocenters. The number of rotatable bonds is 6. The summed E-state index contributed by atoms with van der Waals surface area (Å²) in [5, 5.41) is 3.59. The molecule has 42 heavy (non-hydrogen) atoms. The molecule has 1 saturated carbocycles. The van der Waals surface area contributed by atoms with Crippen LogP contribution in [0.1, 0.15) is 46.8 Å². The summed E-state index contributed by atoms with van der Waals surface area (Å²) in [4.78, 5) is 54.1. The van der Waals surface area contributed by atoms with Crippen LogP contribution < -0.4 is 0 Å². The van der Waals surface area contributed by atoms with E-state index in [0.717, 1.165) is 6.07 Å². The average Bonchev–Trinajstić information content (AvgIpc) is 3.34.